The lowest BCUT2D eigenvalue weighted by Gasteiger charge is -2.22. The molecule has 0 unspecified atom stereocenters. The van der Waals surface area contributed by atoms with Gasteiger partial charge in [0, 0.05) is 24.2 Å². The molecule has 3 amide bonds. The Hall–Kier alpha value is -3.56. The van der Waals surface area contributed by atoms with Crippen LogP contribution in [0.3, 0.4) is 0 Å². The van der Waals surface area contributed by atoms with E-state index < -0.39 is 23.8 Å². The molecule has 0 spiro atoms. The van der Waals surface area contributed by atoms with E-state index in [9.17, 15) is 19.2 Å². The zero-order chi connectivity index (χ0) is 23.3. The Kier molecular flexibility index (Phi) is 7.34. The molecule has 0 aliphatic carbocycles. The highest BCUT2D eigenvalue weighted by Crippen LogP contribution is 2.35. The molecule has 2 aromatic heterocycles. The summed E-state index contributed by atoms with van der Waals surface area (Å²) in [6, 6.07) is 4.29. The van der Waals surface area contributed by atoms with Crippen molar-refractivity contribution in [3.05, 3.63) is 35.7 Å². The van der Waals surface area contributed by atoms with Gasteiger partial charge in [-0.05, 0) is 37.3 Å². The van der Waals surface area contributed by atoms with Crippen LogP contribution < -0.4 is 16.4 Å². The lowest BCUT2D eigenvalue weighted by atomic mass is 9.86. The van der Waals surface area contributed by atoms with Crippen LogP contribution >= 0.6 is 0 Å². The largest absolute Gasteiger partial charge is 0.364 e. The van der Waals surface area contributed by atoms with Crippen LogP contribution in [0.4, 0.5) is 0 Å². The average Bonchev–Trinajstić information content (AvgIpc) is 3.38. The van der Waals surface area contributed by atoms with Crippen LogP contribution in [0.1, 0.15) is 55.1 Å². The molecule has 0 aromatic carbocycles. The number of nitrogens with two attached hydrogens (primary N) is 1. The van der Waals surface area contributed by atoms with Gasteiger partial charge in [-0.25, -0.2) is 0 Å². The van der Waals surface area contributed by atoms with Crippen LogP contribution in [0.25, 0.3) is 11.5 Å². The first kappa shape index (κ1) is 23.1. The van der Waals surface area contributed by atoms with Crippen LogP contribution in [-0.4, -0.2) is 46.7 Å². The first-order chi connectivity index (χ1) is 15.3. The number of pyridine rings is 1. The van der Waals surface area contributed by atoms with Crippen molar-refractivity contribution in [1.82, 2.24) is 20.8 Å². The number of carbonyl (C=O) groups is 4. The van der Waals surface area contributed by atoms with Crippen molar-refractivity contribution in [3.63, 3.8) is 0 Å². The quantitative estimate of drug-likeness (QED) is 0.467. The predicted molar refractivity (Wildman–Crippen MR) is 114 cm³/mol. The summed E-state index contributed by atoms with van der Waals surface area (Å²) in [5.41, 5.74) is 6.01. The van der Waals surface area contributed by atoms with Crippen molar-refractivity contribution in [3.8, 4) is 11.5 Å². The van der Waals surface area contributed by atoms with E-state index in [-0.39, 0.29) is 41.2 Å². The maximum Gasteiger partial charge on any atom is 0.271 e. The number of primary amides is 1. The zero-order valence-electron chi connectivity index (χ0n) is 18.0. The molecular weight excluding hydrogens is 414 g/mol. The van der Waals surface area contributed by atoms with E-state index in [1.165, 1.54) is 0 Å². The number of aldehydes is 1. The molecule has 4 N–H and O–H groups in total. The topological polar surface area (TPSA) is 157 Å². The smallest absolute Gasteiger partial charge is 0.271 e. The van der Waals surface area contributed by atoms with Gasteiger partial charge in [0.2, 0.25) is 11.8 Å². The minimum atomic E-state index is -0.861. The van der Waals surface area contributed by atoms with E-state index in [1.54, 1.807) is 24.4 Å². The van der Waals surface area contributed by atoms with Gasteiger partial charge in [0.15, 0.2) is 11.5 Å². The summed E-state index contributed by atoms with van der Waals surface area (Å²) >= 11 is 0. The third-order valence-electron chi connectivity index (χ3n) is 5.42. The number of hydrogen-bond donors (Lipinski definition) is 3. The van der Waals surface area contributed by atoms with Gasteiger partial charge in [0.1, 0.15) is 12.0 Å². The maximum atomic E-state index is 13.3. The first-order valence-corrected chi connectivity index (χ1v) is 10.6. The highest BCUT2D eigenvalue weighted by molar-refractivity contribution is 5.97. The molecule has 0 bridgehead atoms. The fourth-order valence-electron chi connectivity index (χ4n) is 3.92. The van der Waals surface area contributed by atoms with Crippen molar-refractivity contribution in [2.75, 3.05) is 6.54 Å². The Balaban J connectivity index is 1.94. The molecule has 170 valence electrons. The molecule has 1 fully saturated rings. The molecular formula is C22H27N5O5. The second-order valence-corrected chi connectivity index (χ2v) is 8.30. The molecule has 3 heterocycles. The molecule has 10 nitrogen and oxygen atoms in total. The van der Waals surface area contributed by atoms with Crippen LogP contribution in [-0.2, 0) is 14.4 Å². The second kappa shape index (κ2) is 10.2. The van der Waals surface area contributed by atoms with Gasteiger partial charge in [-0.1, -0.05) is 25.1 Å². The fraction of sp³-hybridized carbons (Fsp3) is 0.455. The van der Waals surface area contributed by atoms with E-state index in [0.29, 0.717) is 31.4 Å². The third kappa shape index (κ3) is 5.19. The average molecular weight is 441 g/mol. The molecule has 1 aliphatic heterocycles. The summed E-state index contributed by atoms with van der Waals surface area (Å²) in [6.07, 6.45) is 3.34. The van der Waals surface area contributed by atoms with Crippen molar-refractivity contribution >= 4 is 24.0 Å². The van der Waals surface area contributed by atoms with Crippen LogP contribution in [0, 0.1) is 11.8 Å². The van der Waals surface area contributed by atoms with Gasteiger partial charge in [-0.15, -0.1) is 0 Å². The summed E-state index contributed by atoms with van der Waals surface area (Å²) < 4.78 is 5.39. The minimum absolute atomic E-state index is 0.0632. The Morgan fingerprint density at radius 2 is 2.16 bits per heavy atom. The summed E-state index contributed by atoms with van der Waals surface area (Å²) in [5, 5.41) is 9.25. The van der Waals surface area contributed by atoms with Crippen LogP contribution in [0.15, 0.2) is 28.9 Å². The maximum absolute atomic E-state index is 13.3. The highest BCUT2D eigenvalue weighted by atomic mass is 16.5. The van der Waals surface area contributed by atoms with Crippen LogP contribution in [0.2, 0.25) is 0 Å². The lowest BCUT2D eigenvalue weighted by Crippen LogP contribution is -2.41. The number of rotatable bonds is 10. The Morgan fingerprint density at radius 1 is 1.38 bits per heavy atom. The highest BCUT2D eigenvalue weighted by Gasteiger charge is 2.35. The standard InChI is InChI=1S/C22H27N5O5/c1-12(2)9-15(22(31)26-14(11-28)10-13-6-8-25-21(13)30)17-18(20(23)29)27-32-19(17)16-5-3-4-7-24-16/h3-5,7,11-15H,6,8-10H2,1-2H3,(H2,23,29)(H,25,30)(H,26,31)/t13-,14-,15-/m0/s1. The van der Waals surface area contributed by atoms with E-state index in [2.05, 4.69) is 20.8 Å². The Bertz CT molecular complexity index is 988. The number of hydrogen-bond acceptors (Lipinski definition) is 7. The van der Waals surface area contributed by atoms with E-state index >= 15 is 0 Å². The van der Waals surface area contributed by atoms with Gasteiger partial charge in [0.25, 0.3) is 5.91 Å². The number of amides is 3. The molecule has 0 saturated carbocycles. The van der Waals surface area contributed by atoms with Gasteiger partial charge in [-0.3, -0.25) is 19.4 Å². The summed E-state index contributed by atoms with van der Waals surface area (Å²) in [5.74, 6) is -2.39. The molecule has 0 radical (unpaired) electrons. The predicted octanol–water partition coefficient (Wildman–Crippen LogP) is 1.18. The van der Waals surface area contributed by atoms with Crippen molar-refractivity contribution in [2.45, 2.75) is 45.1 Å². The number of nitrogens with zero attached hydrogens (tertiary/aromatic N) is 2. The second-order valence-electron chi connectivity index (χ2n) is 8.30. The van der Waals surface area contributed by atoms with E-state index in [0.717, 1.165) is 0 Å². The molecule has 1 saturated heterocycles. The SMILES string of the molecule is CC(C)C[C@H](C(=O)N[C@H](C=O)C[C@@H]1CCNC1=O)c1c(C(N)=O)noc1-c1ccccn1. The van der Waals surface area contributed by atoms with Crippen molar-refractivity contribution < 1.29 is 23.7 Å². The molecule has 32 heavy (non-hydrogen) atoms. The zero-order valence-corrected chi connectivity index (χ0v) is 18.0. The molecule has 3 atom stereocenters. The fourth-order valence-corrected chi connectivity index (χ4v) is 3.92. The Morgan fingerprint density at radius 3 is 2.72 bits per heavy atom. The van der Waals surface area contributed by atoms with Gasteiger partial charge in [0.05, 0.1) is 12.0 Å². The normalized spacial score (nSPS) is 17.6. The summed E-state index contributed by atoms with van der Waals surface area (Å²) in [7, 11) is 0. The number of carbonyl (C=O) groups excluding carboxylic acids is 4. The monoisotopic (exact) mass is 441 g/mol. The summed E-state index contributed by atoms with van der Waals surface area (Å²) in [6.45, 7) is 4.41. The van der Waals surface area contributed by atoms with Gasteiger partial charge in [-0.2, -0.15) is 0 Å². The number of nitrogens with one attached hydrogen (secondary N) is 2. The third-order valence-corrected chi connectivity index (χ3v) is 5.42. The molecule has 2 aromatic rings. The summed E-state index contributed by atoms with van der Waals surface area (Å²) in [4.78, 5) is 53.2. The van der Waals surface area contributed by atoms with Gasteiger partial charge >= 0.3 is 0 Å². The first-order valence-electron chi connectivity index (χ1n) is 10.6. The lowest BCUT2D eigenvalue weighted by molar-refractivity contribution is -0.127. The van der Waals surface area contributed by atoms with Crippen molar-refractivity contribution in [2.24, 2.45) is 17.6 Å². The molecule has 1 aliphatic rings. The molecule has 10 heteroatoms. The van der Waals surface area contributed by atoms with Gasteiger partial charge < -0.3 is 25.7 Å². The van der Waals surface area contributed by atoms with Crippen molar-refractivity contribution in [1.29, 1.82) is 0 Å². The Labute approximate surface area is 185 Å². The van der Waals surface area contributed by atoms with E-state index in [4.69, 9.17) is 10.3 Å². The molecule has 3 rings (SSSR count). The number of aromatic nitrogens is 2. The van der Waals surface area contributed by atoms with Crippen LogP contribution in [0.5, 0.6) is 0 Å². The van der Waals surface area contributed by atoms with E-state index in [1.807, 2.05) is 13.8 Å². The minimum Gasteiger partial charge on any atom is -0.364 e.